The summed E-state index contributed by atoms with van der Waals surface area (Å²) in [6, 6.07) is 3.08. The van der Waals surface area contributed by atoms with Crippen molar-refractivity contribution in [3.8, 4) is 0 Å². The van der Waals surface area contributed by atoms with Gasteiger partial charge in [-0.05, 0) is 32.4 Å². The van der Waals surface area contributed by atoms with Gasteiger partial charge in [-0.25, -0.2) is 4.79 Å². The normalized spacial score (nSPS) is 13.6. The topological polar surface area (TPSA) is 91.6 Å². The number of aryl methyl sites for hydroxylation is 1. The summed E-state index contributed by atoms with van der Waals surface area (Å²) in [5.41, 5.74) is 0. The predicted molar refractivity (Wildman–Crippen MR) is 69.8 cm³/mol. The van der Waals surface area contributed by atoms with Gasteiger partial charge in [-0.3, -0.25) is 4.79 Å². The van der Waals surface area contributed by atoms with Crippen molar-refractivity contribution in [2.45, 2.75) is 33.2 Å². The Morgan fingerprint density at radius 3 is 2.58 bits per heavy atom. The maximum absolute atomic E-state index is 11.6. The van der Waals surface area contributed by atoms with Crippen molar-refractivity contribution in [2.75, 3.05) is 6.54 Å². The molecule has 0 saturated heterocycles. The van der Waals surface area contributed by atoms with E-state index in [0.717, 1.165) is 5.76 Å². The number of carboxylic acid groups (broad SMARTS) is 1. The van der Waals surface area contributed by atoms with Crippen LogP contribution in [0, 0.1) is 12.8 Å². The van der Waals surface area contributed by atoms with Crippen LogP contribution in [0.2, 0.25) is 0 Å². The molecule has 1 rings (SSSR count). The highest BCUT2D eigenvalue weighted by molar-refractivity contribution is 5.74. The molecule has 6 nitrogen and oxygen atoms in total. The van der Waals surface area contributed by atoms with Crippen LogP contribution in [0.1, 0.15) is 37.8 Å². The van der Waals surface area contributed by atoms with Gasteiger partial charge in [-0.15, -0.1) is 0 Å². The first-order valence-corrected chi connectivity index (χ1v) is 6.23. The number of amides is 2. The van der Waals surface area contributed by atoms with Crippen LogP contribution in [0.15, 0.2) is 16.5 Å². The summed E-state index contributed by atoms with van der Waals surface area (Å²) in [5, 5.41) is 14.0. The Bertz CT molecular complexity index is 442. The Labute approximate surface area is 112 Å². The minimum absolute atomic E-state index is 0.231. The van der Waals surface area contributed by atoms with Crippen molar-refractivity contribution < 1.29 is 19.1 Å². The van der Waals surface area contributed by atoms with E-state index in [1.165, 1.54) is 0 Å². The summed E-state index contributed by atoms with van der Waals surface area (Å²) < 4.78 is 5.40. The van der Waals surface area contributed by atoms with Gasteiger partial charge in [0, 0.05) is 6.54 Å². The van der Waals surface area contributed by atoms with E-state index in [9.17, 15) is 9.59 Å². The number of rotatable bonds is 6. The molecule has 6 heteroatoms. The number of nitrogens with one attached hydrogen (secondary N) is 2. The van der Waals surface area contributed by atoms with Crippen molar-refractivity contribution in [2.24, 2.45) is 5.92 Å². The maximum atomic E-state index is 11.6. The van der Waals surface area contributed by atoms with E-state index in [1.54, 1.807) is 6.92 Å². The molecule has 0 spiro atoms. The maximum Gasteiger partial charge on any atom is 0.315 e. The molecule has 0 bridgehead atoms. The van der Waals surface area contributed by atoms with E-state index in [4.69, 9.17) is 9.52 Å². The first-order valence-electron chi connectivity index (χ1n) is 6.23. The average molecular weight is 268 g/mol. The van der Waals surface area contributed by atoms with Gasteiger partial charge in [0.25, 0.3) is 0 Å². The highest BCUT2D eigenvalue weighted by Gasteiger charge is 2.14. The minimum Gasteiger partial charge on any atom is -0.481 e. The lowest BCUT2D eigenvalue weighted by Gasteiger charge is -2.13. The van der Waals surface area contributed by atoms with Gasteiger partial charge >= 0.3 is 12.0 Å². The second kappa shape index (κ2) is 6.82. The molecule has 2 amide bonds. The predicted octanol–water partition coefficient (Wildman–Crippen LogP) is 2.06. The number of urea groups is 1. The molecular weight excluding hydrogens is 248 g/mol. The van der Waals surface area contributed by atoms with Crippen LogP contribution >= 0.6 is 0 Å². The van der Waals surface area contributed by atoms with E-state index in [0.29, 0.717) is 18.7 Å². The van der Waals surface area contributed by atoms with Gasteiger partial charge in [-0.1, -0.05) is 6.92 Å². The summed E-state index contributed by atoms with van der Waals surface area (Å²) in [6.07, 6.45) is 0.400. The van der Waals surface area contributed by atoms with E-state index in [-0.39, 0.29) is 12.1 Å². The number of hydrogen-bond acceptors (Lipinski definition) is 3. The van der Waals surface area contributed by atoms with Crippen molar-refractivity contribution in [3.63, 3.8) is 0 Å². The summed E-state index contributed by atoms with van der Waals surface area (Å²) in [6.45, 7) is 5.58. The number of furan rings is 1. The van der Waals surface area contributed by atoms with Gasteiger partial charge in [0.15, 0.2) is 0 Å². The van der Waals surface area contributed by atoms with Gasteiger partial charge < -0.3 is 20.2 Å². The molecule has 0 fully saturated rings. The lowest BCUT2D eigenvalue weighted by atomic mass is 10.1. The Morgan fingerprint density at radius 1 is 1.37 bits per heavy atom. The Balaban J connectivity index is 2.29. The van der Waals surface area contributed by atoms with Crippen LogP contribution in [-0.2, 0) is 4.79 Å². The highest BCUT2D eigenvalue weighted by atomic mass is 16.4. The summed E-state index contributed by atoms with van der Waals surface area (Å²) in [4.78, 5) is 22.2. The lowest BCUT2D eigenvalue weighted by Crippen LogP contribution is -2.38. The first kappa shape index (κ1) is 15.1. The third kappa shape index (κ3) is 5.03. The third-order valence-corrected chi connectivity index (χ3v) is 2.82. The standard InChI is InChI=1S/C13H20N2O4/c1-8(12(16)17)6-7-14-13(18)15-10(3)11-5-4-9(2)19-11/h4-5,8,10H,6-7H2,1-3H3,(H,16,17)(H2,14,15,18). The summed E-state index contributed by atoms with van der Waals surface area (Å²) in [5.74, 6) is 0.151. The van der Waals surface area contributed by atoms with Crippen LogP contribution < -0.4 is 10.6 Å². The number of aliphatic carboxylic acids is 1. The second-order valence-corrected chi connectivity index (χ2v) is 4.60. The molecular formula is C13H20N2O4. The van der Waals surface area contributed by atoms with Crippen LogP contribution in [0.4, 0.5) is 4.79 Å². The zero-order valence-corrected chi connectivity index (χ0v) is 11.4. The number of carbonyl (C=O) groups is 2. The summed E-state index contributed by atoms with van der Waals surface area (Å²) in [7, 11) is 0. The largest absolute Gasteiger partial charge is 0.481 e. The van der Waals surface area contributed by atoms with E-state index in [1.807, 2.05) is 26.0 Å². The lowest BCUT2D eigenvalue weighted by molar-refractivity contribution is -0.141. The Hall–Kier alpha value is -1.98. The van der Waals surface area contributed by atoms with Crippen LogP contribution in [0.25, 0.3) is 0 Å². The zero-order chi connectivity index (χ0) is 14.4. The number of carbonyl (C=O) groups excluding carboxylic acids is 1. The smallest absolute Gasteiger partial charge is 0.315 e. The molecule has 0 aliphatic rings. The summed E-state index contributed by atoms with van der Waals surface area (Å²) >= 11 is 0. The molecule has 19 heavy (non-hydrogen) atoms. The number of carboxylic acids is 1. The SMILES string of the molecule is Cc1ccc(C(C)NC(=O)NCCC(C)C(=O)O)o1. The molecule has 3 N–H and O–H groups in total. The van der Waals surface area contributed by atoms with Gasteiger partial charge in [-0.2, -0.15) is 0 Å². The molecule has 0 saturated carbocycles. The molecule has 1 aromatic rings. The van der Waals surface area contributed by atoms with Crippen molar-refractivity contribution in [1.29, 1.82) is 0 Å². The molecule has 2 atom stereocenters. The van der Waals surface area contributed by atoms with Gasteiger partial charge in [0.2, 0.25) is 0 Å². The fourth-order valence-electron chi connectivity index (χ4n) is 1.53. The molecule has 0 aromatic carbocycles. The fourth-order valence-corrected chi connectivity index (χ4v) is 1.53. The van der Waals surface area contributed by atoms with Crippen molar-refractivity contribution in [1.82, 2.24) is 10.6 Å². The third-order valence-electron chi connectivity index (χ3n) is 2.82. The molecule has 0 aliphatic carbocycles. The number of hydrogen-bond donors (Lipinski definition) is 3. The average Bonchev–Trinajstić information content (AvgIpc) is 2.75. The molecule has 1 aromatic heterocycles. The molecule has 0 radical (unpaired) electrons. The molecule has 106 valence electrons. The van der Waals surface area contributed by atoms with Gasteiger partial charge in [0.1, 0.15) is 11.5 Å². The van der Waals surface area contributed by atoms with E-state index >= 15 is 0 Å². The fraction of sp³-hybridized carbons (Fsp3) is 0.538. The Kier molecular flexibility index (Phi) is 5.41. The van der Waals surface area contributed by atoms with Crippen molar-refractivity contribution in [3.05, 3.63) is 23.7 Å². The first-order chi connectivity index (χ1) is 8.90. The molecule has 0 aliphatic heterocycles. The van der Waals surface area contributed by atoms with Gasteiger partial charge in [0.05, 0.1) is 12.0 Å². The quantitative estimate of drug-likeness (QED) is 0.736. The van der Waals surface area contributed by atoms with Crippen LogP contribution in [-0.4, -0.2) is 23.7 Å². The Morgan fingerprint density at radius 2 is 2.05 bits per heavy atom. The van der Waals surface area contributed by atoms with E-state index < -0.39 is 11.9 Å². The minimum atomic E-state index is -0.860. The van der Waals surface area contributed by atoms with E-state index in [2.05, 4.69) is 10.6 Å². The monoisotopic (exact) mass is 268 g/mol. The zero-order valence-electron chi connectivity index (χ0n) is 11.4. The van der Waals surface area contributed by atoms with Crippen LogP contribution in [0.5, 0.6) is 0 Å². The second-order valence-electron chi connectivity index (χ2n) is 4.60. The highest BCUT2D eigenvalue weighted by Crippen LogP contribution is 2.15. The molecule has 1 heterocycles. The van der Waals surface area contributed by atoms with Crippen LogP contribution in [0.3, 0.4) is 0 Å². The van der Waals surface area contributed by atoms with Crippen molar-refractivity contribution >= 4 is 12.0 Å². The molecule has 2 unspecified atom stereocenters.